The summed E-state index contributed by atoms with van der Waals surface area (Å²) >= 11 is 0. The van der Waals surface area contributed by atoms with E-state index in [1.54, 1.807) is 0 Å². The Morgan fingerprint density at radius 2 is 2.08 bits per heavy atom. The first-order valence-corrected chi connectivity index (χ1v) is 4.71. The molecule has 0 spiro atoms. The lowest BCUT2D eigenvalue weighted by Gasteiger charge is -1.96. The smallest absolute Gasteiger partial charge is 0.0622 e. The highest BCUT2D eigenvalue weighted by Crippen LogP contribution is 2.05. The number of unbranched alkanes of at least 4 members (excludes halogenated alkanes) is 4. The molecule has 2 nitrogen and oxygen atoms in total. The van der Waals surface area contributed by atoms with Gasteiger partial charge in [0, 0.05) is 6.20 Å². The van der Waals surface area contributed by atoms with E-state index in [9.17, 15) is 0 Å². The van der Waals surface area contributed by atoms with Crippen LogP contribution in [0, 0.1) is 6.92 Å². The van der Waals surface area contributed by atoms with Crippen molar-refractivity contribution in [2.45, 2.75) is 38.5 Å². The van der Waals surface area contributed by atoms with Crippen LogP contribution >= 0.6 is 0 Å². The van der Waals surface area contributed by atoms with Crippen molar-refractivity contribution >= 4 is 0 Å². The third-order valence-corrected chi connectivity index (χ3v) is 1.99. The lowest BCUT2D eigenvalue weighted by atomic mass is 10.1. The summed E-state index contributed by atoms with van der Waals surface area (Å²) in [5, 5.41) is 6.92. The molecule has 0 aliphatic rings. The van der Waals surface area contributed by atoms with Crippen LogP contribution in [0.2, 0.25) is 0 Å². The Hall–Kier alpha value is -0.790. The van der Waals surface area contributed by atoms with Crippen molar-refractivity contribution in [2.75, 3.05) is 0 Å². The monoisotopic (exact) mass is 165 g/mol. The van der Waals surface area contributed by atoms with E-state index in [0.29, 0.717) is 0 Å². The second kappa shape index (κ2) is 5.81. The normalized spacial score (nSPS) is 10.4. The Bertz CT molecular complexity index is 180. The Balaban J connectivity index is 1.96. The molecule has 0 bridgehead atoms. The van der Waals surface area contributed by atoms with Gasteiger partial charge in [-0.25, -0.2) is 0 Å². The topological polar surface area (TPSA) is 28.7 Å². The van der Waals surface area contributed by atoms with Gasteiger partial charge in [-0.05, 0) is 18.9 Å². The van der Waals surface area contributed by atoms with Crippen LogP contribution in [0.25, 0.3) is 0 Å². The van der Waals surface area contributed by atoms with E-state index in [1.807, 2.05) is 12.3 Å². The summed E-state index contributed by atoms with van der Waals surface area (Å²) in [5.41, 5.74) is 1.18. The number of rotatable bonds is 6. The van der Waals surface area contributed by atoms with Crippen molar-refractivity contribution in [3.05, 3.63) is 24.9 Å². The van der Waals surface area contributed by atoms with E-state index >= 15 is 0 Å². The summed E-state index contributed by atoms with van der Waals surface area (Å²) in [6.45, 7) is 3.82. The van der Waals surface area contributed by atoms with Gasteiger partial charge in [0.05, 0.1) is 5.69 Å². The van der Waals surface area contributed by atoms with Crippen molar-refractivity contribution in [2.24, 2.45) is 0 Å². The van der Waals surface area contributed by atoms with Gasteiger partial charge >= 0.3 is 0 Å². The van der Waals surface area contributed by atoms with Crippen molar-refractivity contribution < 1.29 is 0 Å². The summed E-state index contributed by atoms with van der Waals surface area (Å²) in [6, 6.07) is 2.04. The van der Waals surface area contributed by atoms with Gasteiger partial charge in [-0.15, -0.1) is 0 Å². The highest BCUT2D eigenvalue weighted by atomic mass is 15.1. The molecule has 1 N–H and O–H groups in total. The first-order valence-electron chi connectivity index (χ1n) is 4.71. The van der Waals surface area contributed by atoms with Crippen LogP contribution in [0.4, 0.5) is 0 Å². The molecule has 0 fully saturated rings. The molecule has 67 valence electrons. The quantitative estimate of drug-likeness (QED) is 0.645. The van der Waals surface area contributed by atoms with E-state index in [4.69, 9.17) is 0 Å². The van der Waals surface area contributed by atoms with Gasteiger partial charge in [-0.3, -0.25) is 5.10 Å². The molecular formula is C10H17N2. The number of aromatic nitrogens is 2. The maximum atomic E-state index is 4.10. The molecule has 0 aliphatic heterocycles. The molecule has 0 unspecified atom stereocenters. The largest absolute Gasteiger partial charge is 0.285 e. The molecule has 1 aromatic rings. The van der Waals surface area contributed by atoms with Gasteiger partial charge in [-0.1, -0.05) is 32.6 Å². The molecule has 0 aromatic carbocycles. The van der Waals surface area contributed by atoms with Crippen molar-refractivity contribution in [1.82, 2.24) is 10.2 Å². The summed E-state index contributed by atoms with van der Waals surface area (Å²) in [4.78, 5) is 0. The van der Waals surface area contributed by atoms with Crippen LogP contribution < -0.4 is 0 Å². The number of aryl methyl sites for hydroxylation is 1. The van der Waals surface area contributed by atoms with Crippen LogP contribution in [-0.4, -0.2) is 10.2 Å². The summed E-state index contributed by atoms with van der Waals surface area (Å²) in [7, 11) is 0. The van der Waals surface area contributed by atoms with Crippen LogP contribution in [0.5, 0.6) is 0 Å². The molecule has 12 heavy (non-hydrogen) atoms. The molecule has 0 aliphatic carbocycles. The average Bonchev–Trinajstić information content (AvgIpc) is 2.57. The minimum Gasteiger partial charge on any atom is -0.285 e. The number of hydrogen-bond donors (Lipinski definition) is 1. The van der Waals surface area contributed by atoms with Gasteiger partial charge in [0.1, 0.15) is 0 Å². The Morgan fingerprint density at radius 1 is 1.25 bits per heavy atom. The second-order valence-corrected chi connectivity index (χ2v) is 3.08. The minimum absolute atomic E-state index is 1.07. The Labute approximate surface area is 74.4 Å². The fourth-order valence-corrected chi connectivity index (χ4v) is 1.27. The number of H-pyrrole nitrogens is 1. The number of aromatic amines is 1. The third-order valence-electron chi connectivity index (χ3n) is 1.99. The summed E-state index contributed by atoms with van der Waals surface area (Å²) in [5.74, 6) is 0. The van der Waals surface area contributed by atoms with Gasteiger partial charge < -0.3 is 0 Å². The minimum atomic E-state index is 1.07. The SMILES string of the molecule is [CH2]CCCCCCc1cc[nH]n1. The molecule has 1 aromatic heterocycles. The maximum absolute atomic E-state index is 4.10. The molecule has 1 radical (unpaired) electrons. The second-order valence-electron chi connectivity index (χ2n) is 3.08. The molecular weight excluding hydrogens is 148 g/mol. The van der Waals surface area contributed by atoms with Gasteiger partial charge in [0.25, 0.3) is 0 Å². The highest BCUT2D eigenvalue weighted by Gasteiger charge is 1.93. The zero-order chi connectivity index (χ0) is 8.65. The predicted octanol–water partition coefficient (Wildman–Crippen LogP) is 2.74. The van der Waals surface area contributed by atoms with E-state index in [-0.39, 0.29) is 0 Å². The van der Waals surface area contributed by atoms with Crippen molar-refractivity contribution in [3.8, 4) is 0 Å². The zero-order valence-electron chi connectivity index (χ0n) is 7.55. The van der Waals surface area contributed by atoms with Crippen molar-refractivity contribution in [3.63, 3.8) is 0 Å². The number of nitrogens with zero attached hydrogens (tertiary/aromatic N) is 1. The van der Waals surface area contributed by atoms with Gasteiger partial charge in [0.2, 0.25) is 0 Å². The van der Waals surface area contributed by atoms with E-state index in [0.717, 1.165) is 12.8 Å². The molecule has 0 saturated heterocycles. The lowest BCUT2D eigenvalue weighted by Crippen LogP contribution is -1.86. The first kappa shape index (κ1) is 9.30. The summed E-state index contributed by atoms with van der Waals surface area (Å²) < 4.78 is 0. The summed E-state index contributed by atoms with van der Waals surface area (Å²) in [6.07, 6.45) is 9.20. The van der Waals surface area contributed by atoms with Crippen LogP contribution in [0.1, 0.15) is 37.8 Å². The zero-order valence-corrected chi connectivity index (χ0v) is 7.55. The third kappa shape index (κ3) is 3.56. The van der Waals surface area contributed by atoms with Gasteiger partial charge in [0.15, 0.2) is 0 Å². The molecule has 1 rings (SSSR count). The van der Waals surface area contributed by atoms with Gasteiger partial charge in [-0.2, -0.15) is 5.10 Å². The first-order chi connectivity index (χ1) is 5.93. The van der Waals surface area contributed by atoms with E-state index < -0.39 is 0 Å². The van der Waals surface area contributed by atoms with Crippen LogP contribution in [-0.2, 0) is 6.42 Å². The predicted molar refractivity (Wildman–Crippen MR) is 50.7 cm³/mol. The maximum Gasteiger partial charge on any atom is 0.0622 e. The molecule has 0 atom stereocenters. The fraction of sp³-hybridized carbons (Fsp3) is 0.600. The van der Waals surface area contributed by atoms with E-state index in [2.05, 4.69) is 17.1 Å². The molecule has 0 saturated carbocycles. The molecule has 1 heterocycles. The van der Waals surface area contributed by atoms with E-state index in [1.165, 1.54) is 31.4 Å². The number of hydrogen-bond acceptors (Lipinski definition) is 1. The molecule has 0 amide bonds. The average molecular weight is 165 g/mol. The van der Waals surface area contributed by atoms with Crippen LogP contribution in [0.15, 0.2) is 12.3 Å². The lowest BCUT2D eigenvalue weighted by molar-refractivity contribution is 0.640. The number of nitrogens with one attached hydrogen (secondary N) is 1. The highest BCUT2D eigenvalue weighted by molar-refractivity contribution is 4.96. The standard InChI is InChI=1S/C10H17N2/c1-2-3-4-5-6-7-10-8-9-11-12-10/h8-9H,1-7H2,(H,11,12). The molecule has 2 heteroatoms. The van der Waals surface area contributed by atoms with Crippen molar-refractivity contribution in [1.29, 1.82) is 0 Å². The van der Waals surface area contributed by atoms with Crippen LogP contribution in [0.3, 0.4) is 0 Å². The Kier molecular flexibility index (Phi) is 4.50. The Morgan fingerprint density at radius 3 is 2.75 bits per heavy atom. The fourth-order valence-electron chi connectivity index (χ4n) is 1.27.